The van der Waals surface area contributed by atoms with Crippen LogP contribution in [0.5, 0.6) is 5.75 Å². The van der Waals surface area contributed by atoms with Crippen molar-refractivity contribution in [3.05, 3.63) is 27.2 Å². The lowest BCUT2D eigenvalue weighted by Gasteiger charge is -2.34. The van der Waals surface area contributed by atoms with Gasteiger partial charge in [0.2, 0.25) is 0 Å². The van der Waals surface area contributed by atoms with Gasteiger partial charge in [0.15, 0.2) is 0 Å². The van der Waals surface area contributed by atoms with Gasteiger partial charge in [0, 0.05) is 41.6 Å². The molecule has 0 radical (unpaired) electrons. The number of hydrogen-bond acceptors (Lipinski definition) is 4. The minimum atomic E-state index is -0.483. The normalized spacial score (nSPS) is 23.7. The molecule has 2 aliphatic rings. The first-order valence-corrected chi connectivity index (χ1v) is 9.75. The van der Waals surface area contributed by atoms with Crippen LogP contribution in [0.2, 0.25) is 5.02 Å². The molecule has 7 heteroatoms. The molecule has 1 saturated heterocycles. The average Bonchev–Trinajstić information content (AvgIpc) is 2.92. The topological polar surface area (TPSA) is 50.8 Å². The highest BCUT2D eigenvalue weighted by molar-refractivity contribution is 9.10. The third-order valence-electron chi connectivity index (χ3n) is 4.42. The number of carbonyl (C=O) groups excluding carboxylic acids is 1. The van der Waals surface area contributed by atoms with Gasteiger partial charge in [0.1, 0.15) is 11.4 Å². The van der Waals surface area contributed by atoms with E-state index in [9.17, 15) is 4.79 Å². The first-order chi connectivity index (χ1) is 11.7. The van der Waals surface area contributed by atoms with E-state index in [4.69, 9.17) is 21.1 Å². The van der Waals surface area contributed by atoms with Gasteiger partial charge in [-0.1, -0.05) is 27.5 Å². The van der Waals surface area contributed by atoms with E-state index in [1.807, 2.05) is 32.9 Å². The van der Waals surface area contributed by atoms with Crippen LogP contribution in [-0.2, 0) is 4.74 Å². The van der Waals surface area contributed by atoms with Gasteiger partial charge in [-0.15, -0.1) is 0 Å². The summed E-state index contributed by atoms with van der Waals surface area (Å²) in [6.07, 6.45) is 1.45. The van der Waals surface area contributed by atoms with E-state index >= 15 is 0 Å². The summed E-state index contributed by atoms with van der Waals surface area (Å²) in [7, 11) is 0. The van der Waals surface area contributed by atoms with Gasteiger partial charge < -0.3 is 14.8 Å². The molecular weight excluding hydrogens is 408 g/mol. The number of fused-ring (bicyclic) bond motifs is 1. The number of amides is 1. The van der Waals surface area contributed by atoms with Crippen molar-refractivity contribution in [1.29, 1.82) is 0 Å². The minimum absolute atomic E-state index is 0.0929. The SMILES string of the molecule is CC(C)(C)OC(=O)N[C@@H]1CCN(C2CCOc3cc(Br)cc(Cl)c32)C1. The van der Waals surface area contributed by atoms with Gasteiger partial charge in [-0.05, 0) is 39.3 Å². The molecule has 3 rings (SSSR count). The number of hydrogen-bond donors (Lipinski definition) is 1. The highest BCUT2D eigenvalue weighted by Crippen LogP contribution is 2.43. The van der Waals surface area contributed by atoms with Gasteiger partial charge in [-0.25, -0.2) is 4.79 Å². The van der Waals surface area contributed by atoms with Crippen molar-refractivity contribution < 1.29 is 14.3 Å². The predicted molar refractivity (Wildman–Crippen MR) is 101 cm³/mol. The summed E-state index contributed by atoms with van der Waals surface area (Å²) in [6.45, 7) is 7.98. The predicted octanol–water partition coefficient (Wildman–Crippen LogP) is 4.53. The fourth-order valence-corrected chi connectivity index (χ4v) is 4.36. The lowest BCUT2D eigenvalue weighted by molar-refractivity contribution is 0.0503. The van der Waals surface area contributed by atoms with E-state index < -0.39 is 5.60 Å². The van der Waals surface area contributed by atoms with Crippen molar-refractivity contribution in [1.82, 2.24) is 10.2 Å². The largest absolute Gasteiger partial charge is 0.493 e. The Balaban J connectivity index is 1.67. The zero-order valence-electron chi connectivity index (χ0n) is 14.8. The Morgan fingerprint density at radius 3 is 2.88 bits per heavy atom. The summed E-state index contributed by atoms with van der Waals surface area (Å²) in [6, 6.07) is 4.19. The van der Waals surface area contributed by atoms with Crippen molar-refractivity contribution >= 4 is 33.6 Å². The third kappa shape index (κ3) is 4.60. The van der Waals surface area contributed by atoms with Crippen LogP contribution in [-0.4, -0.2) is 42.3 Å². The Hall–Kier alpha value is -0.980. The van der Waals surface area contributed by atoms with Gasteiger partial charge in [0.25, 0.3) is 0 Å². The highest BCUT2D eigenvalue weighted by Gasteiger charge is 2.35. The van der Waals surface area contributed by atoms with E-state index in [2.05, 4.69) is 26.1 Å². The van der Waals surface area contributed by atoms with Crippen LogP contribution in [0.15, 0.2) is 16.6 Å². The van der Waals surface area contributed by atoms with Crippen LogP contribution in [0, 0.1) is 0 Å². The van der Waals surface area contributed by atoms with Crippen molar-refractivity contribution in [3.63, 3.8) is 0 Å². The summed E-state index contributed by atoms with van der Waals surface area (Å²) in [5, 5.41) is 3.70. The van der Waals surface area contributed by atoms with Crippen LogP contribution >= 0.6 is 27.5 Å². The first kappa shape index (κ1) is 18.8. The third-order valence-corrected chi connectivity index (χ3v) is 5.19. The second-order valence-corrected chi connectivity index (χ2v) is 8.90. The number of halogens is 2. The molecule has 138 valence electrons. The maximum Gasteiger partial charge on any atom is 0.407 e. The number of carbonyl (C=O) groups is 1. The number of likely N-dealkylation sites (tertiary alicyclic amines) is 1. The lowest BCUT2D eigenvalue weighted by Crippen LogP contribution is -2.41. The summed E-state index contributed by atoms with van der Waals surface area (Å²) < 4.78 is 12.1. The summed E-state index contributed by atoms with van der Waals surface area (Å²) in [5.74, 6) is 0.846. The fourth-order valence-electron chi connectivity index (χ4n) is 3.46. The zero-order chi connectivity index (χ0) is 18.2. The number of ether oxygens (including phenoxy) is 2. The molecule has 0 saturated carbocycles. The molecular formula is C18H24BrClN2O3. The molecule has 1 N–H and O–H groups in total. The van der Waals surface area contributed by atoms with Crippen molar-refractivity contribution in [2.75, 3.05) is 19.7 Å². The molecule has 1 unspecified atom stereocenters. The minimum Gasteiger partial charge on any atom is -0.493 e. The van der Waals surface area contributed by atoms with Gasteiger partial charge in [0.05, 0.1) is 11.6 Å². The Labute approximate surface area is 162 Å². The van der Waals surface area contributed by atoms with Crippen LogP contribution in [0.3, 0.4) is 0 Å². The van der Waals surface area contributed by atoms with E-state index in [0.29, 0.717) is 6.61 Å². The molecule has 2 heterocycles. The Bertz CT molecular complexity index is 662. The molecule has 0 bridgehead atoms. The van der Waals surface area contributed by atoms with E-state index in [1.54, 1.807) is 0 Å². The van der Waals surface area contributed by atoms with Crippen LogP contribution in [0.25, 0.3) is 0 Å². The maximum absolute atomic E-state index is 12.0. The lowest BCUT2D eigenvalue weighted by atomic mass is 9.99. The number of rotatable bonds is 2. The summed E-state index contributed by atoms with van der Waals surface area (Å²) in [5.41, 5.74) is 0.567. The average molecular weight is 432 g/mol. The van der Waals surface area contributed by atoms with Crippen molar-refractivity contribution in [3.8, 4) is 5.75 Å². The van der Waals surface area contributed by atoms with Gasteiger partial charge in [-0.2, -0.15) is 0 Å². The molecule has 1 aromatic rings. The molecule has 2 atom stereocenters. The number of benzene rings is 1. The molecule has 1 fully saturated rings. The van der Waals surface area contributed by atoms with Crippen LogP contribution in [0.4, 0.5) is 4.79 Å². The standard InChI is InChI=1S/C18H24BrClN2O3/c1-18(2,3)25-17(23)21-12-4-6-22(10-12)14-5-7-24-15-9-11(19)8-13(20)16(14)15/h8-9,12,14H,4-7,10H2,1-3H3,(H,21,23)/t12-,14?/m1/s1. The zero-order valence-corrected chi connectivity index (χ0v) is 17.1. The quantitative estimate of drug-likeness (QED) is 0.748. The molecule has 5 nitrogen and oxygen atoms in total. The molecule has 1 aromatic carbocycles. The van der Waals surface area contributed by atoms with E-state index in [1.165, 1.54) is 0 Å². The molecule has 25 heavy (non-hydrogen) atoms. The second kappa shape index (κ2) is 7.33. The monoisotopic (exact) mass is 430 g/mol. The molecule has 0 spiro atoms. The Morgan fingerprint density at radius 2 is 2.16 bits per heavy atom. The smallest absolute Gasteiger partial charge is 0.407 e. The number of nitrogens with one attached hydrogen (secondary N) is 1. The highest BCUT2D eigenvalue weighted by atomic mass is 79.9. The number of nitrogens with zero attached hydrogens (tertiary/aromatic N) is 1. The van der Waals surface area contributed by atoms with Gasteiger partial charge in [-0.3, -0.25) is 4.90 Å². The summed E-state index contributed by atoms with van der Waals surface area (Å²) in [4.78, 5) is 14.4. The number of alkyl carbamates (subject to hydrolysis) is 1. The first-order valence-electron chi connectivity index (χ1n) is 8.58. The van der Waals surface area contributed by atoms with Crippen LogP contribution in [0.1, 0.15) is 45.2 Å². The van der Waals surface area contributed by atoms with Crippen molar-refractivity contribution in [2.24, 2.45) is 0 Å². The van der Waals surface area contributed by atoms with Gasteiger partial charge >= 0.3 is 6.09 Å². The second-order valence-electron chi connectivity index (χ2n) is 7.58. The van der Waals surface area contributed by atoms with Crippen molar-refractivity contribution in [2.45, 2.75) is 51.3 Å². The summed E-state index contributed by atoms with van der Waals surface area (Å²) >= 11 is 9.95. The molecule has 1 amide bonds. The van der Waals surface area contributed by atoms with E-state index in [0.717, 1.165) is 46.7 Å². The van der Waals surface area contributed by atoms with E-state index in [-0.39, 0.29) is 18.2 Å². The van der Waals surface area contributed by atoms with Crippen LogP contribution < -0.4 is 10.1 Å². The Kier molecular flexibility index (Phi) is 5.51. The maximum atomic E-state index is 12.0. The Morgan fingerprint density at radius 1 is 1.40 bits per heavy atom. The molecule has 0 aliphatic carbocycles. The fraction of sp³-hybridized carbons (Fsp3) is 0.611. The molecule has 2 aliphatic heterocycles. The molecule has 0 aromatic heterocycles.